The Morgan fingerprint density at radius 1 is 1.00 bits per heavy atom. The Balaban J connectivity index is 1.76. The zero-order valence-corrected chi connectivity index (χ0v) is 15.5. The molecular formula is C23H22FN2O2+. The highest BCUT2D eigenvalue weighted by Gasteiger charge is 2.29. The summed E-state index contributed by atoms with van der Waals surface area (Å²) in [5, 5.41) is 16.0. The smallest absolute Gasteiger partial charge is 0.186 e. The van der Waals surface area contributed by atoms with E-state index in [1.54, 1.807) is 25.3 Å². The van der Waals surface area contributed by atoms with Crippen LogP contribution in [-0.2, 0) is 0 Å². The fourth-order valence-electron chi connectivity index (χ4n) is 3.50. The molecule has 0 fully saturated rings. The van der Waals surface area contributed by atoms with Gasteiger partial charge in [-0.15, -0.1) is 0 Å². The summed E-state index contributed by atoms with van der Waals surface area (Å²) in [5.74, 6) is 0.761. The van der Waals surface area contributed by atoms with Crippen molar-refractivity contribution in [2.75, 3.05) is 7.11 Å². The van der Waals surface area contributed by atoms with Gasteiger partial charge in [0.1, 0.15) is 23.4 Å². The molecule has 3 aromatic rings. The minimum atomic E-state index is -0.264. The standard InChI is InChI=1S/C23H21FN2O2/c1-28-18-6-4-5-16(13-18)20-14-21(19-7-2-3-8-22(19)27)26-23(25-20)15-9-11-17(24)12-10-15/h2-14,21,23,25-27H,1H3/p+1. The Labute approximate surface area is 163 Å². The van der Waals surface area contributed by atoms with Gasteiger partial charge in [-0.3, -0.25) is 0 Å². The van der Waals surface area contributed by atoms with Gasteiger partial charge in [0.15, 0.2) is 6.17 Å². The van der Waals surface area contributed by atoms with Crippen molar-refractivity contribution in [2.24, 2.45) is 0 Å². The maximum atomic E-state index is 13.4. The van der Waals surface area contributed by atoms with E-state index in [0.29, 0.717) is 0 Å². The molecule has 4 N–H and O–H groups in total. The van der Waals surface area contributed by atoms with Crippen LogP contribution in [0.4, 0.5) is 4.39 Å². The van der Waals surface area contributed by atoms with Crippen molar-refractivity contribution in [3.8, 4) is 11.5 Å². The number of phenolic OH excluding ortho intramolecular Hbond substituents is 1. The van der Waals surface area contributed by atoms with Crippen LogP contribution in [-0.4, -0.2) is 12.2 Å². The van der Waals surface area contributed by atoms with E-state index < -0.39 is 0 Å². The largest absolute Gasteiger partial charge is 0.507 e. The SMILES string of the molecule is COc1cccc(C2=CC(c3ccccc3O)[NH2+]C(c3ccc(F)cc3)N2)c1. The number of halogens is 1. The first kappa shape index (κ1) is 18.1. The summed E-state index contributed by atoms with van der Waals surface area (Å²) in [5.41, 5.74) is 3.70. The molecule has 0 bridgehead atoms. The lowest BCUT2D eigenvalue weighted by atomic mass is 9.98. The van der Waals surface area contributed by atoms with Crippen molar-refractivity contribution < 1.29 is 19.6 Å². The minimum Gasteiger partial charge on any atom is -0.507 e. The number of aromatic hydroxyl groups is 1. The molecule has 28 heavy (non-hydrogen) atoms. The van der Waals surface area contributed by atoms with E-state index in [9.17, 15) is 9.50 Å². The number of nitrogens with two attached hydrogens (primary N) is 1. The molecule has 0 spiro atoms. The molecule has 1 heterocycles. The summed E-state index contributed by atoms with van der Waals surface area (Å²) in [6.45, 7) is 0. The van der Waals surface area contributed by atoms with E-state index in [0.717, 1.165) is 28.1 Å². The maximum absolute atomic E-state index is 13.4. The van der Waals surface area contributed by atoms with E-state index in [-0.39, 0.29) is 23.8 Å². The molecule has 2 unspecified atom stereocenters. The van der Waals surface area contributed by atoms with Gasteiger partial charge in [-0.1, -0.05) is 24.3 Å². The number of hydrogen-bond donors (Lipinski definition) is 3. The Morgan fingerprint density at radius 2 is 1.79 bits per heavy atom. The second-order valence-corrected chi connectivity index (χ2v) is 6.76. The Bertz CT molecular complexity index is 1000. The molecule has 1 aliphatic rings. The molecule has 3 aromatic carbocycles. The van der Waals surface area contributed by atoms with Crippen LogP contribution in [0.3, 0.4) is 0 Å². The van der Waals surface area contributed by atoms with Crippen molar-refractivity contribution in [2.45, 2.75) is 12.2 Å². The average Bonchev–Trinajstić information content (AvgIpc) is 2.74. The fourth-order valence-corrected chi connectivity index (χ4v) is 3.50. The fraction of sp³-hybridized carbons (Fsp3) is 0.130. The van der Waals surface area contributed by atoms with Crippen LogP contribution < -0.4 is 15.4 Å². The van der Waals surface area contributed by atoms with E-state index in [1.165, 1.54) is 12.1 Å². The normalized spacial score (nSPS) is 18.9. The van der Waals surface area contributed by atoms with Gasteiger partial charge in [-0.25, -0.2) is 4.39 Å². The van der Waals surface area contributed by atoms with Crippen LogP contribution in [0.15, 0.2) is 78.9 Å². The number of hydrogen-bond acceptors (Lipinski definition) is 3. The first-order valence-electron chi connectivity index (χ1n) is 9.15. The number of para-hydroxylation sites is 1. The molecule has 0 saturated carbocycles. The van der Waals surface area contributed by atoms with Crippen LogP contribution in [0.1, 0.15) is 28.9 Å². The lowest BCUT2D eigenvalue weighted by molar-refractivity contribution is -0.731. The first-order valence-corrected chi connectivity index (χ1v) is 9.15. The van der Waals surface area contributed by atoms with Gasteiger partial charge in [0, 0.05) is 22.9 Å². The molecular weight excluding hydrogens is 355 g/mol. The Kier molecular flexibility index (Phi) is 5.00. The molecule has 4 nitrogen and oxygen atoms in total. The highest BCUT2D eigenvalue weighted by atomic mass is 19.1. The summed E-state index contributed by atoms with van der Waals surface area (Å²) in [4.78, 5) is 0. The zero-order valence-electron chi connectivity index (χ0n) is 15.5. The second kappa shape index (κ2) is 7.74. The predicted molar refractivity (Wildman–Crippen MR) is 106 cm³/mol. The molecule has 0 aromatic heterocycles. The molecule has 4 rings (SSSR count). The van der Waals surface area contributed by atoms with Gasteiger partial charge >= 0.3 is 0 Å². The molecule has 0 radical (unpaired) electrons. The summed E-state index contributed by atoms with van der Waals surface area (Å²) in [6.07, 6.45) is 1.96. The van der Waals surface area contributed by atoms with Crippen molar-refractivity contribution in [3.05, 3.63) is 101 Å². The monoisotopic (exact) mass is 377 g/mol. The third-order valence-electron chi connectivity index (χ3n) is 4.96. The number of rotatable bonds is 4. The van der Waals surface area contributed by atoms with Gasteiger partial charge < -0.3 is 20.5 Å². The summed E-state index contributed by atoms with van der Waals surface area (Å²) < 4.78 is 18.7. The lowest BCUT2D eigenvalue weighted by Crippen LogP contribution is -2.89. The van der Waals surface area contributed by atoms with Crippen LogP contribution in [0.2, 0.25) is 0 Å². The van der Waals surface area contributed by atoms with E-state index >= 15 is 0 Å². The summed E-state index contributed by atoms with van der Waals surface area (Å²) in [6, 6.07) is 21.5. The van der Waals surface area contributed by atoms with Crippen molar-refractivity contribution >= 4 is 5.70 Å². The third kappa shape index (κ3) is 3.70. The Hall–Kier alpha value is -3.31. The molecule has 0 saturated heterocycles. The molecule has 0 amide bonds. The number of nitrogens with one attached hydrogen (secondary N) is 1. The number of ether oxygens (including phenoxy) is 1. The second-order valence-electron chi connectivity index (χ2n) is 6.76. The van der Waals surface area contributed by atoms with Crippen molar-refractivity contribution in [1.82, 2.24) is 5.32 Å². The average molecular weight is 377 g/mol. The molecule has 1 aliphatic heterocycles. The van der Waals surface area contributed by atoms with Gasteiger partial charge in [-0.05, 0) is 48.5 Å². The minimum absolute atomic E-state index is 0.0984. The predicted octanol–water partition coefficient (Wildman–Crippen LogP) is 3.49. The first-order chi connectivity index (χ1) is 13.6. The van der Waals surface area contributed by atoms with Gasteiger partial charge in [-0.2, -0.15) is 0 Å². The number of benzene rings is 3. The van der Waals surface area contributed by atoms with Crippen molar-refractivity contribution in [3.63, 3.8) is 0 Å². The van der Waals surface area contributed by atoms with Gasteiger partial charge in [0.05, 0.1) is 12.7 Å². The van der Waals surface area contributed by atoms with Crippen LogP contribution >= 0.6 is 0 Å². The number of methoxy groups -OCH3 is 1. The highest BCUT2D eigenvalue weighted by molar-refractivity contribution is 5.67. The summed E-state index contributed by atoms with van der Waals surface area (Å²) >= 11 is 0. The molecule has 2 atom stereocenters. The van der Waals surface area contributed by atoms with Gasteiger partial charge in [0.2, 0.25) is 0 Å². The molecule has 142 valence electrons. The van der Waals surface area contributed by atoms with Crippen molar-refractivity contribution in [1.29, 1.82) is 0 Å². The van der Waals surface area contributed by atoms with Crippen LogP contribution in [0.25, 0.3) is 5.70 Å². The Morgan fingerprint density at radius 3 is 2.54 bits per heavy atom. The van der Waals surface area contributed by atoms with E-state index in [1.807, 2.05) is 42.5 Å². The highest BCUT2D eigenvalue weighted by Crippen LogP contribution is 2.29. The topological polar surface area (TPSA) is 58.1 Å². The third-order valence-corrected chi connectivity index (χ3v) is 4.96. The number of quaternary nitrogens is 1. The molecule has 0 aliphatic carbocycles. The quantitative estimate of drug-likeness (QED) is 0.652. The van der Waals surface area contributed by atoms with E-state index in [2.05, 4.69) is 16.7 Å². The number of phenols is 1. The summed E-state index contributed by atoms with van der Waals surface area (Å²) in [7, 11) is 1.64. The molecule has 5 heteroatoms. The van der Waals surface area contributed by atoms with E-state index in [4.69, 9.17) is 4.74 Å². The van der Waals surface area contributed by atoms with Gasteiger partial charge in [0.25, 0.3) is 0 Å². The van der Waals surface area contributed by atoms with Crippen LogP contribution in [0.5, 0.6) is 11.5 Å². The lowest BCUT2D eigenvalue weighted by Gasteiger charge is -2.30. The zero-order chi connectivity index (χ0) is 19.5. The maximum Gasteiger partial charge on any atom is 0.186 e. The van der Waals surface area contributed by atoms with Crippen LogP contribution in [0, 0.1) is 5.82 Å².